The molecule has 10 heteroatoms. The van der Waals surface area contributed by atoms with Crippen LogP contribution in [0.4, 0.5) is 0 Å². The molecule has 1 aromatic heterocycles. The number of carbonyl (C=O) groups excluding carboxylic acids is 4. The Hall–Kier alpha value is -4.70. The first-order valence-corrected chi connectivity index (χ1v) is 16.3. The van der Waals surface area contributed by atoms with Crippen molar-refractivity contribution in [3.05, 3.63) is 97.2 Å². The second-order valence-corrected chi connectivity index (χ2v) is 13.0. The maximum Gasteiger partial charge on any atom is 0.309 e. The normalized spacial score (nSPS) is 13.8. The fourth-order valence-corrected chi connectivity index (χ4v) is 5.44. The summed E-state index contributed by atoms with van der Waals surface area (Å²) >= 11 is 0. The van der Waals surface area contributed by atoms with Gasteiger partial charge >= 0.3 is 11.9 Å². The Morgan fingerprint density at radius 2 is 1.54 bits per heavy atom. The van der Waals surface area contributed by atoms with Gasteiger partial charge in [0, 0.05) is 23.5 Å². The summed E-state index contributed by atoms with van der Waals surface area (Å²) in [5, 5.41) is 16.7. The van der Waals surface area contributed by atoms with Gasteiger partial charge in [-0.15, -0.1) is 13.2 Å². The minimum Gasteiger partial charge on any atom is -0.463 e. The number of hydrogen-bond donors (Lipinski definition) is 4. The number of carbonyl (C=O) groups is 4. The highest BCUT2D eigenvalue weighted by molar-refractivity contribution is 5.87. The predicted octanol–water partition coefficient (Wildman–Crippen LogP) is 4.96. The maximum atomic E-state index is 13.7. The van der Waals surface area contributed by atoms with Gasteiger partial charge in [0.15, 0.2) is 0 Å². The van der Waals surface area contributed by atoms with E-state index in [0.717, 1.165) is 22.0 Å². The fraction of sp³-hybridized carbons (Fsp3) is 0.421. The molecule has 0 saturated carbocycles. The number of para-hydroxylation sites is 1. The van der Waals surface area contributed by atoms with Crippen molar-refractivity contribution in [3.63, 3.8) is 0 Å². The van der Waals surface area contributed by atoms with Gasteiger partial charge < -0.3 is 30.2 Å². The minimum atomic E-state index is -0.797. The lowest BCUT2D eigenvalue weighted by Crippen LogP contribution is -2.45. The lowest BCUT2D eigenvalue weighted by molar-refractivity contribution is -0.161. The van der Waals surface area contributed by atoms with Gasteiger partial charge in [0.1, 0.15) is 12.2 Å². The molecule has 0 fully saturated rings. The van der Waals surface area contributed by atoms with Crippen molar-refractivity contribution < 1.29 is 33.8 Å². The lowest BCUT2D eigenvalue weighted by atomic mass is 9.97. The molecule has 2 aromatic carbocycles. The van der Waals surface area contributed by atoms with Crippen molar-refractivity contribution in [2.24, 2.45) is 11.8 Å². The summed E-state index contributed by atoms with van der Waals surface area (Å²) in [7, 11) is 0. The number of aliphatic hydroxyl groups is 1. The van der Waals surface area contributed by atoms with Gasteiger partial charge in [-0.25, -0.2) is 0 Å². The summed E-state index contributed by atoms with van der Waals surface area (Å²) in [4.78, 5) is 55.6. The van der Waals surface area contributed by atoms with Crippen LogP contribution in [0.2, 0.25) is 0 Å². The first-order valence-electron chi connectivity index (χ1n) is 16.3. The summed E-state index contributed by atoms with van der Waals surface area (Å²) in [6.07, 6.45) is 5.91. The molecule has 10 nitrogen and oxygen atoms in total. The van der Waals surface area contributed by atoms with Crippen LogP contribution >= 0.6 is 0 Å². The molecule has 0 unspecified atom stereocenters. The van der Waals surface area contributed by atoms with Crippen LogP contribution in [0.5, 0.6) is 0 Å². The SMILES string of the molecule is C=CC[C@@H](CC(=O)N[C@H](CO)Cc1ccccc1)C(=O)N[C@@H](COC(=O)[C@@H](CC=C)CC(=O)OC(C)(C)C)Cc1c[nH]c2ccccc12. The highest BCUT2D eigenvalue weighted by atomic mass is 16.6. The van der Waals surface area contributed by atoms with E-state index in [9.17, 15) is 24.3 Å². The molecule has 3 rings (SSSR count). The molecule has 0 aliphatic heterocycles. The van der Waals surface area contributed by atoms with E-state index < -0.39 is 47.4 Å². The van der Waals surface area contributed by atoms with Crippen molar-refractivity contribution in [1.29, 1.82) is 0 Å². The summed E-state index contributed by atoms with van der Waals surface area (Å²) in [5.41, 5.74) is 2.10. The molecular weight excluding hydrogens is 610 g/mol. The molecule has 0 aliphatic carbocycles. The van der Waals surface area contributed by atoms with Crippen LogP contribution in [0, 0.1) is 11.8 Å². The smallest absolute Gasteiger partial charge is 0.309 e. The number of aliphatic hydroxyl groups excluding tert-OH is 1. The number of aromatic nitrogens is 1. The van der Waals surface area contributed by atoms with Gasteiger partial charge in [-0.1, -0.05) is 60.7 Å². The largest absolute Gasteiger partial charge is 0.463 e. The molecule has 3 aromatic rings. The summed E-state index contributed by atoms with van der Waals surface area (Å²) < 4.78 is 11.1. The third-order valence-electron chi connectivity index (χ3n) is 7.70. The van der Waals surface area contributed by atoms with Crippen LogP contribution in [0.1, 0.15) is 57.6 Å². The van der Waals surface area contributed by atoms with Gasteiger partial charge in [-0.2, -0.15) is 0 Å². The Morgan fingerprint density at radius 1 is 0.875 bits per heavy atom. The first kappa shape index (κ1) is 37.8. The molecule has 0 spiro atoms. The van der Waals surface area contributed by atoms with Gasteiger partial charge in [-0.3, -0.25) is 19.2 Å². The molecule has 4 atom stereocenters. The van der Waals surface area contributed by atoms with Crippen molar-refractivity contribution >= 4 is 34.7 Å². The zero-order valence-electron chi connectivity index (χ0n) is 28.2. The number of H-pyrrole nitrogens is 1. The monoisotopic (exact) mass is 659 g/mol. The van der Waals surface area contributed by atoms with Crippen LogP contribution in [-0.4, -0.2) is 64.7 Å². The molecular formula is C38H49N3O7. The Balaban J connectivity index is 1.73. The number of benzene rings is 2. The average Bonchev–Trinajstić information content (AvgIpc) is 3.44. The Labute approximate surface area is 283 Å². The van der Waals surface area contributed by atoms with Gasteiger partial charge in [-0.05, 0) is 63.6 Å². The Bertz CT molecular complexity index is 1530. The molecule has 1 heterocycles. The summed E-state index contributed by atoms with van der Waals surface area (Å²) in [6.45, 7) is 12.3. The van der Waals surface area contributed by atoms with Crippen LogP contribution in [0.15, 0.2) is 86.1 Å². The Kier molecular flexibility index (Phi) is 14.6. The van der Waals surface area contributed by atoms with E-state index in [0.29, 0.717) is 12.8 Å². The van der Waals surface area contributed by atoms with Crippen molar-refractivity contribution in [1.82, 2.24) is 15.6 Å². The number of rotatable bonds is 19. The topological polar surface area (TPSA) is 147 Å². The third-order valence-corrected chi connectivity index (χ3v) is 7.70. The minimum absolute atomic E-state index is 0.125. The average molecular weight is 660 g/mol. The van der Waals surface area contributed by atoms with Crippen molar-refractivity contribution in [2.75, 3.05) is 13.2 Å². The molecule has 258 valence electrons. The zero-order valence-corrected chi connectivity index (χ0v) is 28.2. The molecule has 4 N–H and O–H groups in total. The number of allylic oxidation sites excluding steroid dienone is 2. The van der Waals surface area contributed by atoms with E-state index >= 15 is 0 Å². The third kappa shape index (κ3) is 12.5. The highest BCUT2D eigenvalue weighted by Gasteiger charge is 2.29. The van der Waals surface area contributed by atoms with Crippen LogP contribution in [0.25, 0.3) is 10.9 Å². The van der Waals surface area contributed by atoms with E-state index in [1.165, 1.54) is 0 Å². The number of nitrogens with one attached hydrogen (secondary N) is 3. The number of aromatic amines is 1. The second-order valence-electron chi connectivity index (χ2n) is 13.0. The summed E-state index contributed by atoms with van der Waals surface area (Å²) in [6, 6.07) is 16.1. The predicted molar refractivity (Wildman–Crippen MR) is 186 cm³/mol. The fourth-order valence-electron chi connectivity index (χ4n) is 5.44. The van der Waals surface area contributed by atoms with E-state index in [1.54, 1.807) is 32.9 Å². The molecule has 0 radical (unpaired) electrons. The standard InChI is InChI=1S/C38H49N3O7/c1-6-13-27(21-34(43)40-30(24-42)19-26-15-9-8-10-16-26)36(45)41-31(20-29-23-39-33-18-12-11-17-32(29)33)25-47-37(46)28(14-7-2)22-35(44)48-38(3,4)5/h6-12,15-18,23,27-28,30-31,39,42H,1-2,13-14,19-22,24-25H2,3-5H3,(H,40,43)(H,41,45)/t27-,28-,30-,31+/m0/s1. The van der Waals surface area contributed by atoms with E-state index in [1.807, 2.05) is 60.8 Å². The van der Waals surface area contributed by atoms with Crippen molar-refractivity contribution in [2.45, 2.75) is 77.0 Å². The highest BCUT2D eigenvalue weighted by Crippen LogP contribution is 2.21. The quantitative estimate of drug-likeness (QED) is 0.105. The van der Waals surface area contributed by atoms with Gasteiger partial charge in [0.25, 0.3) is 0 Å². The number of amides is 2. The molecule has 0 saturated heterocycles. The van der Waals surface area contributed by atoms with Gasteiger partial charge in [0.2, 0.25) is 11.8 Å². The summed E-state index contributed by atoms with van der Waals surface area (Å²) in [5.74, 6) is -3.44. The molecule has 48 heavy (non-hydrogen) atoms. The Morgan fingerprint density at radius 3 is 2.21 bits per heavy atom. The number of fused-ring (bicyclic) bond motifs is 1. The number of hydrogen-bond acceptors (Lipinski definition) is 7. The van der Waals surface area contributed by atoms with E-state index in [2.05, 4.69) is 28.8 Å². The van der Waals surface area contributed by atoms with Crippen molar-refractivity contribution in [3.8, 4) is 0 Å². The van der Waals surface area contributed by atoms with Gasteiger partial charge in [0.05, 0.1) is 36.9 Å². The van der Waals surface area contributed by atoms with Crippen LogP contribution < -0.4 is 10.6 Å². The molecule has 0 bridgehead atoms. The van der Waals surface area contributed by atoms with E-state index in [4.69, 9.17) is 9.47 Å². The van der Waals surface area contributed by atoms with Crippen LogP contribution in [0.3, 0.4) is 0 Å². The molecule has 2 amide bonds. The molecule has 0 aliphatic rings. The van der Waals surface area contributed by atoms with Crippen LogP contribution in [-0.2, 0) is 41.5 Å². The number of esters is 2. The maximum absolute atomic E-state index is 13.7. The number of ether oxygens (including phenoxy) is 2. The lowest BCUT2D eigenvalue weighted by Gasteiger charge is -2.24. The second kappa shape index (κ2) is 18.6. The van der Waals surface area contributed by atoms with E-state index in [-0.39, 0.29) is 44.8 Å². The zero-order chi connectivity index (χ0) is 35.1. The first-order chi connectivity index (χ1) is 22.9.